The number of ether oxygens (including phenoxy) is 1. The first-order chi connectivity index (χ1) is 9.72. The molecule has 1 aliphatic heterocycles. The Labute approximate surface area is 120 Å². The van der Waals surface area contributed by atoms with Gasteiger partial charge in [0.15, 0.2) is 0 Å². The molecule has 3 heteroatoms. The van der Waals surface area contributed by atoms with Gasteiger partial charge in [-0.15, -0.1) is 0 Å². The van der Waals surface area contributed by atoms with E-state index in [1.54, 1.807) is 0 Å². The lowest BCUT2D eigenvalue weighted by Crippen LogP contribution is -2.54. The predicted molar refractivity (Wildman–Crippen MR) is 76.1 cm³/mol. The largest absolute Gasteiger partial charge is 0.387 e. The van der Waals surface area contributed by atoms with E-state index in [-0.39, 0.29) is 5.92 Å². The lowest BCUT2D eigenvalue weighted by molar-refractivity contribution is -0.100. The molecule has 3 rings (SSSR count). The molecule has 1 heterocycles. The van der Waals surface area contributed by atoms with Gasteiger partial charge in [-0.3, -0.25) is 0 Å². The zero-order valence-electron chi connectivity index (χ0n) is 11.7. The van der Waals surface area contributed by atoms with E-state index in [1.807, 2.05) is 18.2 Å². The molecule has 20 heavy (non-hydrogen) atoms. The SMILES string of the molecule is N#CC1(C2(O)CCCCC2c2ccccc2)CCOC1. The Bertz CT molecular complexity index is 501. The van der Waals surface area contributed by atoms with E-state index in [9.17, 15) is 10.4 Å². The molecule has 1 saturated carbocycles. The van der Waals surface area contributed by atoms with Gasteiger partial charge in [-0.2, -0.15) is 5.26 Å². The van der Waals surface area contributed by atoms with Crippen LogP contribution in [0.25, 0.3) is 0 Å². The zero-order valence-corrected chi connectivity index (χ0v) is 11.7. The molecule has 0 amide bonds. The summed E-state index contributed by atoms with van der Waals surface area (Å²) in [5.74, 6) is 0.0406. The van der Waals surface area contributed by atoms with Gasteiger partial charge >= 0.3 is 0 Å². The fourth-order valence-electron chi connectivity index (χ4n) is 3.95. The number of hydrogen-bond acceptors (Lipinski definition) is 3. The van der Waals surface area contributed by atoms with Crippen LogP contribution in [0.2, 0.25) is 0 Å². The fourth-order valence-corrected chi connectivity index (χ4v) is 3.95. The smallest absolute Gasteiger partial charge is 0.112 e. The van der Waals surface area contributed by atoms with Crippen molar-refractivity contribution in [3.05, 3.63) is 35.9 Å². The highest BCUT2D eigenvalue weighted by Crippen LogP contribution is 2.53. The quantitative estimate of drug-likeness (QED) is 0.899. The van der Waals surface area contributed by atoms with Crippen molar-refractivity contribution < 1.29 is 9.84 Å². The number of benzene rings is 1. The van der Waals surface area contributed by atoms with Crippen LogP contribution < -0.4 is 0 Å². The van der Waals surface area contributed by atoms with Crippen molar-refractivity contribution in [2.24, 2.45) is 5.41 Å². The minimum atomic E-state index is -0.960. The van der Waals surface area contributed by atoms with Crippen LogP contribution in [0.1, 0.15) is 43.6 Å². The molecule has 0 aromatic heterocycles. The molecule has 1 N–H and O–H groups in total. The van der Waals surface area contributed by atoms with Gasteiger partial charge in [-0.25, -0.2) is 0 Å². The summed E-state index contributed by atoms with van der Waals surface area (Å²) in [6, 6.07) is 12.6. The Morgan fingerprint density at radius 2 is 2.00 bits per heavy atom. The van der Waals surface area contributed by atoms with Crippen molar-refractivity contribution in [2.75, 3.05) is 13.2 Å². The van der Waals surface area contributed by atoms with Crippen LogP contribution in [0.4, 0.5) is 0 Å². The van der Waals surface area contributed by atoms with Crippen LogP contribution in [-0.4, -0.2) is 23.9 Å². The van der Waals surface area contributed by atoms with Gasteiger partial charge < -0.3 is 9.84 Å². The van der Waals surface area contributed by atoms with Gasteiger partial charge in [0.05, 0.1) is 18.3 Å². The molecule has 0 radical (unpaired) electrons. The van der Waals surface area contributed by atoms with Gasteiger partial charge in [0, 0.05) is 12.5 Å². The molecule has 3 nitrogen and oxygen atoms in total. The monoisotopic (exact) mass is 271 g/mol. The first-order valence-corrected chi connectivity index (χ1v) is 7.48. The first kappa shape index (κ1) is 13.6. The molecule has 2 fully saturated rings. The average molecular weight is 271 g/mol. The van der Waals surface area contributed by atoms with E-state index in [0.29, 0.717) is 26.1 Å². The third kappa shape index (κ3) is 1.95. The summed E-state index contributed by atoms with van der Waals surface area (Å²) in [7, 11) is 0. The highest BCUT2D eigenvalue weighted by molar-refractivity contribution is 5.29. The van der Waals surface area contributed by atoms with Crippen LogP contribution in [0.3, 0.4) is 0 Å². The van der Waals surface area contributed by atoms with E-state index in [0.717, 1.165) is 24.8 Å². The molecular weight excluding hydrogens is 250 g/mol. The average Bonchev–Trinajstić information content (AvgIpc) is 2.99. The maximum atomic E-state index is 11.4. The standard InChI is InChI=1S/C17H21NO2/c18-12-16(10-11-20-13-16)17(19)9-5-4-8-15(17)14-6-2-1-3-7-14/h1-3,6-7,15,19H,4-5,8-11,13H2. The number of nitrogens with zero attached hydrogens (tertiary/aromatic N) is 1. The molecule has 3 atom stereocenters. The Kier molecular flexibility index (Phi) is 3.54. The third-order valence-electron chi connectivity index (χ3n) is 5.14. The van der Waals surface area contributed by atoms with Crippen molar-refractivity contribution in [1.29, 1.82) is 5.26 Å². The van der Waals surface area contributed by atoms with Crippen molar-refractivity contribution >= 4 is 0 Å². The van der Waals surface area contributed by atoms with Gasteiger partial charge in [0.1, 0.15) is 5.41 Å². The number of aliphatic hydroxyl groups is 1. The molecule has 106 valence electrons. The molecule has 0 spiro atoms. The van der Waals surface area contributed by atoms with Gasteiger partial charge in [-0.1, -0.05) is 43.2 Å². The Hall–Kier alpha value is -1.37. The Balaban J connectivity index is 2.02. The highest BCUT2D eigenvalue weighted by Gasteiger charge is 2.58. The number of nitriles is 1. The van der Waals surface area contributed by atoms with Crippen LogP contribution >= 0.6 is 0 Å². The maximum Gasteiger partial charge on any atom is 0.112 e. The minimum absolute atomic E-state index is 0.0406. The molecule has 1 aromatic rings. The molecule has 2 aliphatic rings. The lowest BCUT2D eigenvalue weighted by atomic mass is 9.58. The molecule has 0 bridgehead atoms. The van der Waals surface area contributed by atoms with Crippen molar-refractivity contribution in [3.63, 3.8) is 0 Å². The summed E-state index contributed by atoms with van der Waals surface area (Å²) < 4.78 is 5.47. The highest BCUT2D eigenvalue weighted by atomic mass is 16.5. The van der Waals surface area contributed by atoms with Crippen LogP contribution in [0.15, 0.2) is 30.3 Å². The topological polar surface area (TPSA) is 53.2 Å². The summed E-state index contributed by atoms with van der Waals surface area (Å²) >= 11 is 0. The number of rotatable bonds is 2. The normalized spacial score (nSPS) is 37.5. The van der Waals surface area contributed by atoms with Crippen molar-refractivity contribution in [2.45, 2.75) is 43.6 Å². The first-order valence-electron chi connectivity index (χ1n) is 7.48. The fraction of sp³-hybridized carbons (Fsp3) is 0.588. The minimum Gasteiger partial charge on any atom is -0.387 e. The van der Waals surface area contributed by atoms with E-state index in [2.05, 4.69) is 18.2 Å². The van der Waals surface area contributed by atoms with E-state index in [4.69, 9.17) is 4.74 Å². The molecule has 1 saturated heterocycles. The van der Waals surface area contributed by atoms with Gasteiger partial charge in [-0.05, 0) is 24.8 Å². The molecule has 3 unspecified atom stereocenters. The second kappa shape index (κ2) is 5.20. The van der Waals surface area contributed by atoms with E-state index >= 15 is 0 Å². The maximum absolute atomic E-state index is 11.4. The summed E-state index contributed by atoms with van der Waals surface area (Å²) in [6.07, 6.45) is 4.39. The lowest BCUT2D eigenvalue weighted by Gasteiger charge is -2.48. The Morgan fingerprint density at radius 3 is 2.65 bits per heavy atom. The Morgan fingerprint density at radius 1 is 1.20 bits per heavy atom. The van der Waals surface area contributed by atoms with Gasteiger partial charge in [0.25, 0.3) is 0 Å². The van der Waals surface area contributed by atoms with Crippen molar-refractivity contribution in [1.82, 2.24) is 0 Å². The van der Waals surface area contributed by atoms with Gasteiger partial charge in [0.2, 0.25) is 0 Å². The van der Waals surface area contributed by atoms with E-state index in [1.165, 1.54) is 0 Å². The van der Waals surface area contributed by atoms with E-state index < -0.39 is 11.0 Å². The second-order valence-electron chi connectivity index (χ2n) is 6.13. The van der Waals surface area contributed by atoms with Crippen LogP contribution in [0, 0.1) is 16.7 Å². The van der Waals surface area contributed by atoms with Crippen molar-refractivity contribution in [3.8, 4) is 6.07 Å². The summed E-state index contributed by atoms with van der Waals surface area (Å²) in [6.45, 7) is 0.945. The van der Waals surface area contributed by atoms with Crippen LogP contribution in [-0.2, 0) is 4.74 Å². The second-order valence-corrected chi connectivity index (χ2v) is 6.13. The summed E-state index contributed by atoms with van der Waals surface area (Å²) in [5, 5.41) is 21.1. The molecule has 1 aromatic carbocycles. The number of hydrogen-bond donors (Lipinski definition) is 1. The molecular formula is C17H21NO2. The van der Waals surface area contributed by atoms with Crippen LogP contribution in [0.5, 0.6) is 0 Å². The predicted octanol–water partition coefficient (Wildman–Crippen LogP) is 3.01. The molecule has 1 aliphatic carbocycles. The zero-order chi connectivity index (χ0) is 14.1. The summed E-state index contributed by atoms with van der Waals surface area (Å²) in [5.41, 5.74) is -0.553. The third-order valence-corrected chi connectivity index (χ3v) is 5.14. The summed E-state index contributed by atoms with van der Waals surface area (Å²) in [4.78, 5) is 0.